The van der Waals surface area contributed by atoms with E-state index in [1.165, 1.54) is 10.9 Å². The number of amides is 1. The second kappa shape index (κ2) is 7.22. The number of aliphatic hydroxyl groups is 1. The van der Waals surface area contributed by atoms with Gasteiger partial charge in [-0.25, -0.2) is 4.68 Å². The number of aromatic nitrogens is 3. The number of aliphatic hydroxyl groups excluding tert-OH is 1. The van der Waals surface area contributed by atoms with Crippen molar-refractivity contribution >= 4 is 11.6 Å². The van der Waals surface area contributed by atoms with Gasteiger partial charge in [0, 0.05) is 23.9 Å². The fraction of sp³-hybridized carbons (Fsp3) is 0.267. The molecule has 1 aromatic carbocycles. The molecule has 1 aromatic heterocycles. The molecule has 0 aliphatic heterocycles. The smallest absolute Gasteiger partial charge is 0.246 e. The van der Waals surface area contributed by atoms with Crippen LogP contribution in [-0.2, 0) is 11.3 Å². The predicted molar refractivity (Wildman–Crippen MR) is 78.4 cm³/mol. The van der Waals surface area contributed by atoms with Crippen molar-refractivity contribution in [2.24, 2.45) is 0 Å². The summed E-state index contributed by atoms with van der Waals surface area (Å²) >= 11 is 0. The quantitative estimate of drug-likeness (QED) is 0.820. The van der Waals surface area contributed by atoms with Crippen LogP contribution in [0, 0.1) is 18.8 Å². The number of aryl methyl sites for hydroxylation is 1. The molecule has 0 saturated carbocycles. The van der Waals surface area contributed by atoms with Gasteiger partial charge in [-0.3, -0.25) is 4.79 Å². The van der Waals surface area contributed by atoms with Crippen molar-refractivity contribution in [2.45, 2.75) is 19.9 Å². The summed E-state index contributed by atoms with van der Waals surface area (Å²) in [5, 5.41) is 18.9. The second-order valence-corrected chi connectivity index (χ2v) is 4.45. The molecular formula is C15H16N4O2. The number of anilines is 1. The van der Waals surface area contributed by atoms with E-state index in [2.05, 4.69) is 27.5 Å². The van der Waals surface area contributed by atoms with E-state index in [-0.39, 0.29) is 19.1 Å². The number of carbonyl (C=O) groups is 1. The summed E-state index contributed by atoms with van der Waals surface area (Å²) in [6, 6.07) is 5.55. The number of nitrogens with zero attached hydrogens (tertiary/aromatic N) is 3. The number of hydrogen-bond acceptors (Lipinski definition) is 4. The molecule has 6 heteroatoms. The zero-order valence-electron chi connectivity index (χ0n) is 11.7. The highest BCUT2D eigenvalue weighted by Gasteiger charge is 2.06. The topological polar surface area (TPSA) is 80.0 Å². The van der Waals surface area contributed by atoms with Crippen LogP contribution in [0.2, 0.25) is 0 Å². The second-order valence-electron chi connectivity index (χ2n) is 4.45. The normalized spacial score (nSPS) is 9.81. The molecule has 21 heavy (non-hydrogen) atoms. The Morgan fingerprint density at radius 3 is 3.00 bits per heavy atom. The lowest BCUT2D eigenvalue weighted by Crippen LogP contribution is -2.19. The van der Waals surface area contributed by atoms with Crippen molar-refractivity contribution in [3.05, 3.63) is 41.7 Å². The van der Waals surface area contributed by atoms with E-state index >= 15 is 0 Å². The van der Waals surface area contributed by atoms with Crippen molar-refractivity contribution in [3.63, 3.8) is 0 Å². The fourth-order valence-corrected chi connectivity index (χ4v) is 1.76. The van der Waals surface area contributed by atoms with Crippen LogP contribution < -0.4 is 5.32 Å². The first-order valence-corrected chi connectivity index (χ1v) is 6.53. The Morgan fingerprint density at radius 1 is 1.48 bits per heavy atom. The Hall–Kier alpha value is -2.65. The predicted octanol–water partition coefficient (Wildman–Crippen LogP) is 0.959. The highest BCUT2D eigenvalue weighted by atomic mass is 16.2. The number of benzene rings is 1. The van der Waals surface area contributed by atoms with Gasteiger partial charge in [-0.1, -0.05) is 17.1 Å². The van der Waals surface area contributed by atoms with Crippen molar-refractivity contribution in [1.29, 1.82) is 0 Å². The molecule has 0 bridgehead atoms. The Bertz CT molecular complexity index is 669. The molecule has 1 heterocycles. The Balaban J connectivity index is 2.01. The number of carbonyl (C=O) groups excluding carboxylic acids is 1. The average molecular weight is 284 g/mol. The van der Waals surface area contributed by atoms with E-state index in [4.69, 9.17) is 5.11 Å². The molecule has 0 atom stereocenters. The van der Waals surface area contributed by atoms with Crippen LogP contribution in [0.5, 0.6) is 0 Å². The maximum absolute atomic E-state index is 11.9. The lowest BCUT2D eigenvalue weighted by Gasteiger charge is -2.08. The zero-order chi connectivity index (χ0) is 15.1. The first-order valence-electron chi connectivity index (χ1n) is 6.53. The molecule has 0 unspecified atom stereocenters. The molecule has 2 rings (SSSR count). The standard InChI is InChI=1S/C15H16N4O2/c1-12-10-13(4-2-3-9-20)5-6-14(12)17-15(21)11-19-8-7-16-18-19/h5-8,10,20H,3,9,11H2,1H3,(H,17,21). The van der Waals surface area contributed by atoms with Gasteiger partial charge in [-0.05, 0) is 30.7 Å². The number of hydrogen-bond donors (Lipinski definition) is 2. The molecule has 0 aliphatic carbocycles. The molecule has 0 fully saturated rings. The summed E-state index contributed by atoms with van der Waals surface area (Å²) in [6.45, 7) is 2.09. The first-order chi connectivity index (χ1) is 10.2. The van der Waals surface area contributed by atoms with Crippen molar-refractivity contribution in [1.82, 2.24) is 15.0 Å². The summed E-state index contributed by atoms with van der Waals surface area (Å²) in [5.74, 6) is 5.66. The number of nitrogens with one attached hydrogen (secondary N) is 1. The summed E-state index contributed by atoms with van der Waals surface area (Å²) in [4.78, 5) is 11.9. The largest absolute Gasteiger partial charge is 0.395 e. The molecular weight excluding hydrogens is 268 g/mol. The molecule has 0 aliphatic rings. The molecule has 0 saturated heterocycles. The van der Waals surface area contributed by atoms with E-state index in [0.717, 1.165) is 16.8 Å². The summed E-state index contributed by atoms with van der Waals surface area (Å²) in [5.41, 5.74) is 2.53. The van der Waals surface area contributed by atoms with Crippen LogP contribution in [-0.4, -0.2) is 32.6 Å². The van der Waals surface area contributed by atoms with Crippen LogP contribution in [0.25, 0.3) is 0 Å². The monoisotopic (exact) mass is 284 g/mol. The average Bonchev–Trinajstić information content (AvgIpc) is 2.95. The minimum atomic E-state index is -0.164. The van der Waals surface area contributed by atoms with Crippen LogP contribution >= 0.6 is 0 Å². The maximum atomic E-state index is 11.9. The third-order valence-corrected chi connectivity index (χ3v) is 2.75. The first kappa shape index (κ1) is 14.8. The van der Waals surface area contributed by atoms with Gasteiger partial charge in [0.2, 0.25) is 5.91 Å². The summed E-state index contributed by atoms with van der Waals surface area (Å²) in [7, 11) is 0. The fourth-order valence-electron chi connectivity index (χ4n) is 1.76. The van der Waals surface area contributed by atoms with Gasteiger partial charge < -0.3 is 10.4 Å². The summed E-state index contributed by atoms with van der Waals surface area (Å²) < 4.78 is 1.46. The lowest BCUT2D eigenvalue weighted by atomic mass is 10.1. The van der Waals surface area contributed by atoms with Crippen molar-refractivity contribution < 1.29 is 9.90 Å². The minimum Gasteiger partial charge on any atom is -0.395 e. The maximum Gasteiger partial charge on any atom is 0.246 e. The van der Waals surface area contributed by atoms with Gasteiger partial charge in [0.1, 0.15) is 6.54 Å². The molecule has 2 N–H and O–H groups in total. The third kappa shape index (κ3) is 4.44. The zero-order valence-corrected chi connectivity index (χ0v) is 11.7. The minimum absolute atomic E-state index is 0.0579. The van der Waals surface area contributed by atoms with Gasteiger partial charge in [0.15, 0.2) is 0 Å². The van der Waals surface area contributed by atoms with Gasteiger partial charge in [0.25, 0.3) is 0 Å². The van der Waals surface area contributed by atoms with Crippen LogP contribution in [0.4, 0.5) is 5.69 Å². The van der Waals surface area contributed by atoms with Crippen LogP contribution in [0.3, 0.4) is 0 Å². The SMILES string of the molecule is Cc1cc(C#CCCO)ccc1NC(=O)Cn1ccnn1. The van der Waals surface area contributed by atoms with E-state index in [9.17, 15) is 4.79 Å². The molecule has 2 aromatic rings. The Labute approximate surface area is 122 Å². The molecule has 0 spiro atoms. The van der Waals surface area contributed by atoms with Crippen molar-refractivity contribution in [3.8, 4) is 11.8 Å². The third-order valence-electron chi connectivity index (χ3n) is 2.75. The van der Waals surface area contributed by atoms with Gasteiger partial charge in [-0.15, -0.1) is 5.10 Å². The van der Waals surface area contributed by atoms with Gasteiger partial charge >= 0.3 is 0 Å². The Morgan fingerprint density at radius 2 is 2.33 bits per heavy atom. The van der Waals surface area contributed by atoms with E-state index in [1.807, 2.05) is 25.1 Å². The Kier molecular flexibility index (Phi) is 5.07. The van der Waals surface area contributed by atoms with E-state index in [1.54, 1.807) is 6.20 Å². The van der Waals surface area contributed by atoms with E-state index in [0.29, 0.717) is 6.42 Å². The highest BCUT2D eigenvalue weighted by Crippen LogP contribution is 2.16. The number of rotatable bonds is 4. The van der Waals surface area contributed by atoms with Crippen LogP contribution in [0.15, 0.2) is 30.6 Å². The highest BCUT2D eigenvalue weighted by molar-refractivity contribution is 5.91. The lowest BCUT2D eigenvalue weighted by molar-refractivity contribution is -0.116. The van der Waals surface area contributed by atoms with Gasteiger partial charge in [0.05, 0.1) is 12.8 Å². The molecule has 6 nitrogen and oxygen atoms in total. The van der Waals surface area contributed by atoms with E-state index < -0.39 is 0 Å². The van der Waals surface area contributed by atoms with Crippen LogP contribution in [0.1, 0.15) is 17.5 Å². The van der Waals surface area contributed by atoms with Crippen molar-refractivity contribution in [2.75, 3.05) is 11.9 Å². The van der Waals surface area contributed by atoms with Gasteiger partial charge in [-0.2, -0.15) is 0 Å². The molecule has 0 radical (unpaired) electrons. The molecule has 108 valence electrons. The summed E-state index contributed by atoms with van der Waals surface area (Å²) in [6.07, 6.45) is 3.61. The molecule has 1 amide bonds.